The molecule has 27 heavy (non-hydrogen) atoms. The molecular weight excluding hydrogens is 346 g/mol. The van der Waals surface area contributed by atoms with E-state index in [0.29, 0.717) is 23.0 Å². The second kappa shape index (κ2) is 7.20. The summed E-state index contributed by atoms with van der Waals surface area (Å²) in [6.07, 6.45) is 4.76. The topological polar surface area (TPSA) is 103 Å². The third-order valence-electron chi connectivity index (χ3n) is 4.08. The largest absolute Gasteiger partial charge is 0.351 e. The maximum absolute atomic E-state index is 12.8. The van der Waals surface area contributed by atoms with Gasteiger partial charge in [-0.05, 0) is 17.7 Å². The summed E-state index contributed by atoms with van der Waals surface area (Å²) < 4.78 is 6.23. The third kappa shape index (κ3) is 3.45. The van der Waals surface area contributed by atoms with Crippen LogP contribution in [-0.4, -0.2) is 25.8 Å². The Hall–Kier alpha value is -3.81. The number of pyridine rings is 1. The maximum Gasteiger partial charge on any atom is 0.290 e. The average molecular weight is 361 g/mol. The number of fused-ring (bicyclic) bond motifs is 1. The molecule has 3 heterocycles. The van der Waals surface area contributed by atoms with E-state index in [0.717, 1.165) is 5.56 Å². The SMILES string of the molecule is O=C(NCc1nn(Cc2cccnc2)c(=O)c2ccccc12)c1ccno1. The van der Waals surface area contributed by atoms with Crippen LogP contribution in [0.5, 0.6) is 0 Å². The Morgan fingerprint density at radius 1 is 1.07 bits per heavy atom. The second-order valence-corrected chi connectivity index (χ2v) is 5.88. The van der Waals surface area contributed by atoms with Crippen LogP contribution in [0.2, 0.25) is 0 Å². The van der Waals surface area contributed by atoms with Crippen molar-refractivity contribution < 1.29 is 9.32 Å². The average Bonchev–Trinajstić information content (AvgIpc) is 3.25. The van der Waals surface area contributed by atoms with E-state index in [1.165, 1.54) is 16.9 Å². The first-order chi connectivity index (χ1) is 13.2. The number of carbonyl (C=O) groups excluding carboxylic acids is 1. The zero-order chi connectivity index (χ0) is 18.6. The molecule has 0 saturated heterocycles. The number of hydrogen-bond donors (Lipinski definition) is 1. The van der Waals surface area contributed by atoms with Crippen LogP contribution in [0.1, 0.15) is 21.8 Å². The smallest absolute Gasteiger partial charge is 0.290 e. The number of hydrogen-bond acceptors (Lipinski definition) is 6. The van der Waals surface area contributed by atoms with Crippen LogP contribution in [0.3, 0.4) is 0 Å². The van der Waals surface area contributed by atoms with Crippen LogP contribution in [0.4, 0.5) is 0 Å². The van der Waals surface area contributed by atoms with Gasteiger partial charge in [-0.15, -0.1) is 0 Å². The van der Waals surface area contributed by atoms with Crippen LogP contribution >= 0.6 is 0 Å². The van der Waals surface area contributed by atoms with Gasteiger partial charge in [0.25, 0.3) is 11.5 Å². The van der Waals surface area contributed by atoms with Gasteiger partial charge >= 0.3 is 0 Å². The molecule has 8 heteroatoms. The first-order valence-electron chi connectivity index (χ1n) is 8.29. The van der Waals surface area contributed by atoms with Crippen molar-refractivity contribution in [3.05, 3.63) is 88.4 Å². The van der Waals surface area contributed by atoms with Crippen molar-refractivity contribution in [2.24, 2.45) is 0 Å². The van der Waals surface area contributed by atoms with Crippen molar-refractivity contribution in [3.63, 3.8) is 0 Å². The third-order valence-corrected chi connectivity index (χ3v) is 4.08. The van der Waals surface area contributed by atoms with E-state index in [2.05, 4.69) is 20.6 Å². The Bertz CT molecular complexity index is 1140. The number of carbonyl (C=O) groups is 1. The van der Waals surface area contributed by atoms with Crippen molar-refractivity contribution >= 4 is 16.7 Å². The molecule has 1 N–H and O–H groups in total. The molecule has 0 unspecified atom stereocenters. The first kappa shape index (κ1) is 16.6. The minimum atomic E-state index is -0.400. The summed E-state index contributed by atoms with van der Waals surface area (Å²) >= 11 is 0. The molecule has 0 spiro atoms. The quantitative estimate of drug-likeness (QED) is 0.581. The molecule has 0 atom stereocenters. The molecule has 8 nitrogen and oxygen atoms in total. The Balaban J connectivity index is 1.69. The molecule has 0 radical (unpaired) electrons. The van der Waals surface area contributed by atoms with Gasteiger partial charge in [0.05, 0.1) is 30.4 Å². The molecule has 0 aliphatic heterocycles. The highest BCUT2D eigenvalue weighted by Crippen LogP contribution is 2.14. The van der Waals surface area contributed by atoms with Crippen LogP contribution in [-0.2, 0) is 13.1 Å². The zero-order valence-electron chi connectivity index (χ0n) is 14.2. The van der Waals surface area contributed by atoms with Crippen molar-refractivity contribution in [2.45, 2.75) is 13.1 Å². The van der Waals surface area contributed by atoms with E-state index in [4.69, 9.17) is 4.52 Å². The highest BCUT2D eigenvalue weighted by molar-refractivity contribution is 5.91. The summed E-state index contributed by atoms with van der Waals surface area (Å²) in [7, 11) is 0. The number of amides is 1. The molecule has 1 aromatic carbocycles. The summed E-state index contributed by atoms with van der Waals surface area (Å²) in [6, 6.07) is 12.4. The minimum absolute atomic E-state index is 0.114. The lowest BCUT2D eigenvalue weighted by Gasteiger charge is -2.11. The summed E-state index contributed by atoms with van der Waals surface area (Å²) in [5.74, 6) is -0.286. The Kier molecular flexibility index (Phi) is 4.44. The lowest BCUT2D eigenvalue weighted by molar-refractivity contribution is 0.0913. The van der Waals surface area contributed by atoms with Crippen molar-refractivity contribution in [3.8, 4) is 0 Å². The monoisotopic (exact) mass is 361 g/mol. The Morgan fingerprint density at radius 3 is 2.67 bits per heavy atom. The summed E-state index contributed by atoms with van der Waals surface area (Å²) in [5, 5.41) is 12.0. The lowest BCUT2D eigenvalue weighted by Crippen LogP contribution is -2.28. The molecule has 0 aliphatic rings. The Morgan fingerprint density at radius 2 is 1.93 bits per heavy atom. The molecule has 134 valence electrons. The van der Waals surface area contributed by atoms with Crippen LogP contribution < -0.4 is 10.9 Å². The van der Waals surface area contributed by atoms with Gasteiger partial charge in [-0.3, -0.25) is 14.6 Å². The highest BCUT2D eigenvalue weighted by Gasteiger charge is 2.14. The van der Waals surface area contributed by atoms with E-state index in [-0.39, 0.29) is 17.9 Å². The van der Waals surface area contributed by atoms with Crippen LogP contribution in [0.25, 0.3) is 10.8 Å². The van der Waals surface area contributed by atoms with Gasteiger partial charge in [-0.2, -0.15) is 5.10 Å². The van der Waals surface area contributed by atoms with Gasteiger partial charge in [0.2, 0.25) is 5.76 Å². The molecule has 0 aliphatic carbocycles. The van der Waals surface area contributed by atoms with E-state index < -0.39 is 5.91 Å². The van der Waals surface area contributed by atoms with Gasteiger partial charge in [0.1, 0.15) is 0 Å². The van der Waals surface area contributed by atoms with Gasteiger partial charge in [-0.25, -0.2) is 4.68 Å². The second-order valence-electron chi connectivity index (χ2n) is 5.88. The molecule has 0 bridgehead atoms. The van der Waals surface area contributed by atoms with E-state index >= 15 is 0 Å². The van der Waals surface area contributed by atoms with Crippen LogP contribution in [0, 0.1) is 0 Å². The summed E-state index contributed by atoms with van der Waals surface area (Å²) in [6.45, 7) is 0.438. The normalized spacial score (nSPS) is 10.8. The highest BCUT2D eigenvalue weighted by atomic mass is 16.5. The predicted molar refractivity (Wildman–Crippen MR) is 97.0 cm³/mol. The van der Waals surface area contributed by atoms with Crippen molar-refractivity contribution in [1.29, 1.82) is 0 Å². The first-order valence-corrected chi connectivity index (χ1v) is 8.29. The van der Waals surface area contributed by atoms with Crippen LogP contribution in [0.15, 0.2) is 70.4 Å². The van der Waals surface area contributed by atoms with E-state index in [1.54, 1.807) is 30.6 Å². The van der Waals surface area contributed by atoms with Gasteiger partial charge in [-0.1, -0.05) is 29.4 Å². The molecule has 3 aromatic heterocycles. The zero-order valence-corrected chi connectivity index (χ0v) is 14.2. The van der Waals surface area contributed by atoms with E-state index in [1.807, 2.05) is 18.2 Å². The summed E-state index contributed by atoms with van der Waals surface area (Å²) in [4.78, 5) is 29.0. The van der Waals surface area contributed by atoms with Gasteiger partial charge in [0, 0.05) is 23.8 Å². The van der Waals surface area contributed by atoms with Gasteiger partial charge in [0.15, 0.2) is 0 Å². The molecule has 4 aromatic rings. The lowest BCUT2D eigenvalue weighted by atomic mass is 10.1. The van der Waals surface area contributed by atoms with Crippen molar-refractivity contribution in [2.75, 3.05) is 0 Å². The standard InChI is InChI=1S/C19H15N5O3/c25-18(17-7-9-22-27-17)21-11-16-14-5-1-2-6-15(14)19(26)24(23-16)12-13-4-3-8-20-10-13/h1-10H,11-12H2,(H,21,25). The number of nitrogens with one attached hydrogen (secondary N) is 1. The fourth-order valence-corrected chi connectivity index (χ4v) is 2.79. The molecular formula is C19H15N5O3. The number of nitrogens with zero attached hydrogens (tertiary/aromatic N) is 4. The molecule has 4 rings (SSSR count). The number of benzene rings is 1. The van der Waals surface area contributed by atoms with E-state index in [9.17, 15) is 9.59 Å². The van der Waals surface area contributed by atoms with Gasteiger partial charge < -0.3 is 9.84 Å². The Labute approximate surface area is 153 Å². The fraction of sp³-hybridized carbons (Fsp3) is 0.105. The van der Waals surface area contributed by atoms with Crippen molar-refractivity contribution in [1.82, 2.24) is 25.2 Å². The molecule has 0 fully saturated rings. The number of aromatic nitrogens is 4. The number of rotatable bonds is 5. The molecule has 0 saturated carbocycles. The maximum atomic E-state index is 12.8. The summed E-state index contributed by atoms with van der Waals surface area (Å²) in [5.41, 5.74) is 1.25. The fourth-order valence-electron chi connectivity index (χ4n) is 2.79. The minimum Gasteiger partial charge on any atom is -0.351 e. The molecule has 1 amide bonds. The predicted octanol–water partition coefficient (Wildman–Crippen LogP) is 1.76.